The average molecular weight is 778 g/mol. The van der Waals surface area contributed by atoms with Gasteiger partial charge in [0.15, 0.2) is 0 Å². The third kappa shape index (κ3) is 6.45. The second kappa shape index (κ2) is 14.5. The van der Waals surface area contributed by atoms with Crippen LogP contribution in [-0.4, -0.2) is 88.1 Å². The summed E-state index contributed by atoms with van der Waals surface area (Å²) < 4.78 is 0. The summed E-state index contributed by atoms with van der Waals surface area (Å²) in [5, 5.41) is 12.4. The Hall–Kier alpha value is -5.81. The number of hydrogen-bond donors (Lipinski definition) is 2. The van der Waals surface area contributed by atoms with E-state index in [0.29, 0.717) is 30.7 Å². The highest BCUT2D eigenvalue weighted by Gasteiger charge is 2.46. The number of piperidine rings is 2. The lowest BCUT2D eigenvalue weighted by molar-refractivity contribution is -0.138. The minimum absolute atomic E-state index is 0.0524. The average Bonchev–Trinajstić information content (AvgIpc) is 3.75. The number of aryl methyl sites for hydroxylation is 1. The zero-order chi connectivity index (χ0) is 39.7. The minimum atomic E-state index is -0.997. The fraction of sp³-hybridized carbons (Fsp3) is 0.383. The first-order valence-electron chi connectivity index (χ1n) is 20.8. The molecule has 3 saturated heterocycles. The van der Waals surface area contributed by atoms with Crippen LogP contribution >= 0.6 is 0 Å². The van der Waals surface area contributed by atoms with Gasteiger partial charge in [0.05, 0.1) is 11.1 Å². The Balaban J connectivity index is 0.715. The number of amides is 5. The molecule has 3 unspecified atom stereocenters. The van der Waals surface area contributed by atoms with E-state index in [1.807, 2.05) is 17.0 Å². The molecule has 2 N–H and O–H groups in total. The predicted molar refractivity (Wildman–Crippen MR) is 216 cm³/mol. The van der Waals surface area contributed by atoms with E-state index >= 15 is 0 Å². The molecule has 296 valence electrons. The van der Waals surface area contributed by atoms with Crippen molar-refractivity contribution >= 4 is 35.2 Å². The number of carbonyl (C=O) groups is 5. The lowest BCUT2D eigenvalue weighted by Crippen LogP contribution is -2.54. The third-order valence-corrected chi connectivity index (χ3v) is 13.6. The van der Waals surface area contributed by atoms with E-state index in [1.54, 1.807) is 12.1 Å². The Labute approximate surface area is 337 Å². The number of nitrogens with zero attached hydrogens (tertiary/aromatic N) is 4. The number of phenols is 1. The van der Waals surface area contributed by atoms with Gasteiger partial charge in [0.25, 0.3) is 11.8 Å². The Kier molecular flexibility index (Phi) is 9.15. The number of imide groups is 2. The SMILES string of the molecule is O=C1CCC(N2C(=O)c3cc4c(cc3C2=O)CN(C(=O)C2CCN(CC3CN(c5ccc(C6c7ccc(O)cc7CCC6c6ccccc6)cc5)C3)CC2)C4)C(=O)N1. The minimum Gasteiger partial charge on any atom is -0.508 e. The maximum Gasteiger partial charge on any atom is 0.262 e. The van der Waals surface area contributed by atoms with Gasteiger partial charge in [0.1, 0.15) is 11.8 Å². The molecule has 4 aromatic rings. The second-order valence-electron chi connectivity index (χ2n) is 17.2. The third-order valence-electron chi connectivity index (χ3n) is 13.6. The largest absolute Gasteiger partial charge is 0.508 e. The van der Waals surface area contributed by atoms with Crippen molar-refractivity contribution in [1.29, 1.82) is 0 Å². The molecule has 5 aliphatic heterocycles. The molecule has 11 heteroatoms. The normalized spacial score (nSPS) is 23.7. The Morgan fingerprint density at radius 1 is 0.724 bits per heavy atom. The number of likely N-dealkylation sites (tertiary alicyclic amines) is 1. The number of nitrogens with one attached hydrogen (secondary N) is 1. The van der Waals surface area contributed by atoms with Gasteiger partial charge in [0, 0.05) is 62.6 Å². The van der Waals surface area contributed by atoms with Crippen molar-refractivity contribution in [1.82, 2.24) is 20.0 Å². The van der Waals surface area contributed by atoms with Crippen molar-refractivity contribution in [2.75, 3.05) is 37.6 Å². The summed E-state index contributed by atoms with van der Waals surface area (Å²) in [5.41, 5.74) is 8.70. The maximum absolute atomic E-state index is 13.7. The predicted octanol–water partition coefficient (Wildman–Crippen LogP) is 5.35. The maximum atomic E-state index is 13.7. The number of carbonyl (C=O) groups excluding carboxylic acids is 5. The zero-order valence-electron chi connectivity index (χ0n) is 32.4. The van der Waals surface area contributed by atoms with E-state index in [4.69, 9.17) is 0 Å². The molecule has 3 atom stereocenters. The van der Waals surface area contributed by atoms with Crippen LogP contribution in [0.1, 0.15) is 98.0 Å². The molecule has 58 heavy (non-hydrogen) atoms. The molecule has 6 aliphatic rings. The molecular weight excluding hydrogens is 731 g/mol. The molecule has 0 saturated carbocycles. The molecule has 0 aromatic heterocycles. The molecule has 0 bridgehead atoms. The van der Waals surface area contributed by atoms with Gasteiger partial charge in [-0.15, -0.1) is 0 Å². The summed E-state index contributed by atoms with van der Waals surface area (Å²) in [6.07, 6.45) is 3.82. The summed E-state index contributed by atoms with van der Waals surface area (Å²) in [7, 11) is 0. The standard InChI is InChI=1S/C47H47N5O6/c53-36-11-13-38-32(20-36)8-12-37(29-4-2-1-3-5-29)43(38)30-6-9-35(10-7-30)50-24-28(25-50)23-49-18-16-31(17-19-49)45(56)51-26-33-21-39-40(22-34(33)27-51)47(58)52(46(39)57)41-14-15-42(54)48-44(41)55/h1-7,9-11,13,20-22,28,31,37,41,43,53H,8,12,14-19,23-27H2,(H,48,54,55). The molecule has 0 spiro atoms. The van der Waals surface area contributed by atoms with Crippen LogP contribution in [0.25, 0.3) is 0 Å². The lowest BCUT2D eigenvalue weighted by atomic mass is 9.69. The number of rotatable bonds is 7. The highest BCUT2D eigenvalue weighted by atomic mass is 16.3. The summed E-state index contributed by atoms with van der Waals surface area (Å²) >= 11 is 0. The number of anilines is 1. The molecule has 1 aliphatic carbocycles. The van der Waals surface area contributed by atoms with E-state index in [-0.39, 0.29) is 41.7 Å². The summed E-state index contributed by atoms with van der Waals surface area (Å²) in [4.78, 5) is 72.3. The Morgan fingerprint density at radius 3 is 2.09 bits per heavy atom. The van der Waals surface area contributed by atoms with Gasteiger partial charge in [-0.25, -0.2) is 0 Å². The van der Waals surface area contributed by atoms with Gasteiger partial charge in [-0.2, -0.15) is 0 Å². The molecule has 10 rings (SSSR count). The van der Waals surface area contributed by atoms with Crippen molar-refractivity contribution in [2.24, 2.45) is 11.8 Å². The topological polar surface area (TPSA) is 131 Å². The summed E-state index contributed by atoms with van der Waals surface area (Å²) in [6.45, 7) is 5.63. The molecule has 0 radical (unpaired) electrons. The zero-order valence-corrected chi connectivity index (χ0v) is 32.4. The van der Waals surface area contributed by atoms with E-state index in [2.05, 4.69) is 75.8 Å². The van der Waals surface area contributed by atoms with Crippen LogP contribution in [0.2, 0.25) is 0 Å². The van der Waals surface area contributed by atoms with E-state index in [0.717, 1.165) is 74.4 Å². The van der Waals surface area contributed by atoms with Crippen LogP contribution in [0.3, 0.4) is 0 Å². The summed E-state index contributed by atoms with van der Waals surface area (Å²) in [5.74, 6) is -0.476. The van der Waals surface area contributed by atoms with E-state index in [9.17, 15) is 29.1 Å². The number of phenolic OH excluding ortho intramolecular Hbond substituents is 1. The van der Waals surface area contributed by atoms with Crippen molar-refractivity contribution in [3.63, 3.8) is 0 Å². The molecule has 3 fully saturated rings. The van der Waals surface area contributed by atoms with E-state index in [1.165, 1.54) is 27.9 Å². The van der Waals surface area contributed by atoms with Gasteiger partial charge in [-0.3, -0.25) is 34.2 Å². The highest BCUT2D eigenvalue weighted by Crippen LogP contribution is 2.47. The number of aromatic hydroxyl groups is 1. The molecule has 11 nitrogen and oxygen atoms in total. The number of benzene rings is 4. The van der Waals surface area contributed by atoms with Crippen LogP contribution in [0, 0.1) is 11.8 Å². The fourth-order valence-corrected chi connectivity index (χ4v) is 10.6. The van der Waals surface area contributed by atoms with Crippen molar-refractivity contribution in [2.45, 2.75) is 69.5 Å². The highest BCUT2D eigenvalue weighted by molar-refractivity contribution is 6.23. The van der Waals surface area contributed by atoms with Crippen LogP contribution < -0.4 is 10.2 Å². The van der Waals surface area contributed by atoms with E-state index < -0.39 is 29.7 Å². The van der Waals surface area contributed by atoms with Crippen LogP contribution in [0.15, 0.2) is 84.9 Å². The van der Waals surface area contributed by atoms with Crippen LogP contribution in [0.5, 0.6) is 5.75 Å². The summed E-state index contributed by atoms with van der Waals surface area (Å²) in [6, 6.07) is 28.3. The van der Waals surface area contributed by atoms with Crippen molar-refractivity contribution < 1.29 is 29.1 Å². The molecule has 4 aromatic carbocycles. The van der Waals surface area contributed by atoms with Crippen LogP contribution in [0.4, 0.5) is 5.69 Å². The van der Waals surface area contributed by atoms with Gasteiger partial charge in [-0.1, -0.05) is 48.5 Å². The fourth-order valence-electron chi connectivity index (χ4n) is 10.6. The lowest BCUT2D eigenvalue weighted by Gasteiger charge is -2.44. The van der Waals surface area contributed by atoms with Crippen LogP contribution in [-0.2, 0) is 33.9 Å². The molecule has 5 heterocycles. The number of hydrogen-bond acceptors (Lipinski definition) is 8. The quantitative estimate of drug-likeness (QED) is 0.241. The molecular formula is C47H47N5O6. The monoisotopic (exact) mass is 777 g/mol. The Bertz CT molecular complexity index is 2290. The Morgan fingerprint density at radius 2 is 1.41 bits per heavy atom. The van der Waals surface area contributed by atoms with Gasteiger partial charge >= 0.3 is 0 Å². The smallest absolute Gasteiger partial charge is 0.262 e. The first kappa shape index (κ1) is 36.5. The molecule has 5 amide bonds. The first-order valence-corrected chi connectivity index (χ1v) is 20.8. The number of fused-ring (bicyclic) bond motifs is 3. The van der Waals surface area contributed by atoms with Crippen molar-refractivity contribution in [3.05, 3.63) is 129 Å². The second-order valence-corrected chi connectivity index (χ2v) is 17.2. The van der Waals surface area contributed by atoms with Gasteiger partial charge in [0.2, 0.25) is 17.7 Å². The first-order chi connectivity index (χ1) is 28.2. The van der Waals surface area contributed by atoms with Gasteiger partial charge < -0.3 is 19.8 Å². The van der Waals surface area contributed by atoms with Crippen molar-refractivity contribution in [3.8, 4) is 5.75 Å². The van der Waals surface area contributed by atoms with Gasteiger partial charge in [-0.05, 0) is 121 Å².